The zero-order chi connectivity index (χ0) is 19.3. The van der Waals surface area contributed by atoms with Gasteiger partial charge in [-0.1, -0.05) is 6.92 Å². The third-order valence-corrected chi connectivity index (χ3v) is 4.91. The van der Waals surface area contributed by atoms with Crippen LogP contribution in [0.5, 0.6) is 5.75 Å². The number of carbonyl (C=O) groups excluding carboxylic acids is 1. The molecule has 26 heavy (non-hydrogen) atoms. The van der Waals surface area contributed by atoms with Gasteiger partial charge in [0.15, 0.2) is 5.75 Å². The molecule has 1 unspecified atom stereocenters. The van der Waals surface area contributed by atoms with Crippen molar-refractivity contribution in [2.45, 2.75) is 46.1 Å². The second kappa shape index (κ2) is 8.49. The van der Waals surface area contributed by atoms with E-state index in [1.807, 2.05) is 0 Å². The van der Waals surface area contributed by atoms with Crippen molar-refractivity contribution >= 4 is 11.6 Å². The minimum atomic E-state index is -0.527. The van der Waals surface area contributed by atoms with Crippen LogP contribution in [0.2, 0.25) is 0 Å². The van der Waals surface area contributed by atoms with Crippen molar-refractivity contribution in [2.75, 3.05) is 26.2 Å². The van der Waals surface area contributed by atoms with Gasteiger partial charge in [-0.25, -0.2) is 0 Å². The molecule has 144 valence electrons. The summed E-state index contributed by atoms with van der Waals surface area (Å²) in [7, 11) is 0. The Balaban J connectivity index is 2.05. The van der Waals surface area contributed by atoms with Crippen LogP contribution < -0.4 is 10.1 Å². The lowest BCUT2D eigenvalue weighted by Crippen LogP contribution is -2.54. The van der Waals surface area contributed by atoms with E-state index >= 15 is 0 Å². The lowest BCUT2D eigenvalue weighted by atomic mass is 9.93. The van der Waals surface area contributed by atoms with E-state index in [9.17, 15) is 14.9 Å². The number of hydrogen-bond acceptors (Lipinski definition) is 5. The molecule has 7 nitrogen and oxygen atoms in total. The number of nitrogens with one attached hydrogen (secondary N) is 1. The van der Waals surface area contributed by atoms with Crippen molar-refractivity contribution < 1.29 is 14.5 Å². The summed E-state index contributed by atoms with van der Waals surface area (Å²) in [6.45, 7) is 11.1. The predicted octanol–water partition coefficient (Wildman–Crippen LogP) is 3.23. The average molecular weight is 363 g/mol. The summed E-state index contributed by atoms with van der Waals surface area (Å²) in [5.41, 5.74) is -0.0896. The van der Waals surface area contributed by atoms with Gasteiger partial charge in [0.25, 0.3) is 5.91 Å². The van der Waals surface area contributed by atoms with Gasteiger partial charge in [-0.2, -0.15) is 0 Å². The molecule has 0 spiro atoms. The third-order valence-electron chi connectivity index (χ3n) is 4.91. The molecule has 1 aliphatic heterocycles. The van der Waals surface area contributed by atoms with Crippen LogP contribution in [0.4, 0.5) is 5.69 Å². The Morgan fingerprint density at radius 1 is 1.46 bits per heavy atom. The molecule has 1 aliphatic rings. The summed E-state index contributed by atoms with van der Waals surface area (Å²) in [6.07, 6.45) is 2.42. The molecule has 0 radical (unpaired) electrons. The minimum Gasteiger partial charge on any atom is -0.487 e. The fourth-order valence-electron chi connectivity index (χ4n) is 3.33. The van der Waals surface area contributed by atoms with E-state index in [1.54, 1.807) is 13.0 Å². The molecular weight excluding hydrogens is 334 g/mol. The summed E-state index contributed by atoms with van der Waals surface area (Å²) in [6, 6.07) is 4.31. The number of benzene rings is 1. The number of carbonyl (C=O) groups is 1. The fraction of sp³-hybridized carbons (Fsp3) is 0.632. The van der Waals surface area contributed by atoms with Gasteiger partial charge in [0, 0.05) is 30.3 Å². The molecule has 7 heteroatoms. The van der Waals surface area contributed by atoms with Crippen LogP contribution in [0.15, 0.2) is 18.2 Å². The number of likely N-dealkylation sites (tertiary alicyclic amines) is 1. The molecule has 1 aromatic rings. The Labute approximate surface area is 154 Å². The van der Waals surface area contributed by atoms with Crippen LogP contribution >= 0.6 is 0 Å². The van der Waals surface area contributed by atoms with Gasteiger partial charge in [-0.3, -0.25) is 19.8 Å². The van der Waals surface area contributed by atoms with Crippen LogP contribution in [0.3, 0.4) is 0 Å². The van der Waals surface area contributed by atoms with Gasteiger partial charge in [-0.05, 0) is 58.2 Å². The normalized spacial score (nSPS) is 18.4. The lowest BCUT2D eigenvalue weighted by Gasteiger charge is -2.43. The maximum Gasteiger partial charge on any atom is 0.311 e. The van der Waals surface area contributed by atoms with Gasteiger partial charge in [0.05, 0.1) is 11.5 Å². The highest BCUT2D eigenvalue weighted by atomic mass is 16.6. The maximum absolute atomic E-state index is 12.5. The van der Waals surface area contributed by atoms with Gasteiger partial charge in [0.2, 0.25) is 0 Å². The maximum atomic E-state index is 12.5. The SMILES string of the molecule is CCOc1ccc(C(=O)NCC(C)(C)N2CCCC(C)C2)cc1[N+](=O)[O-]. The number of amides is 1. The fourth-order valence-corrected chi connectivity index (χ4v) is 3.33. The van der Waals surface area contributed by atoms with Crippen LogP contribution in [0.25, 0.3) is 0 Å². The second-order valence-corrected chi connectivity index (χ2v) is 7.56. The minimum absolute atomic E-state index is 0.165. The lowest BCUT2D eigenvalue weighted by molar-refractivity contribution is -0.385. The van der Waals surface area contributed by atoms with Gasteiger partial charge in [0.1, 0.15) is 0 Å². The van der Waals surface area contributed by atoms with Crippen molar-refractivity contribution in [2.24, 2.45) is 5.92 Å². The van der Waals surface area contributed by atoms with E-state index < -0.39 is 4.92 Å². The number of nitro benzene ring substituents is 1. The highest BCUT2D eigenvalue weighted by Crippen LogP contribution is 2.28. The summed E-state index contributed by atoms with van der Waals surface area (Å²) in [5.74, 6) is 0.526. The molecule has 1 heterocycles. The first-order chi connectivity index (χ1) is 12.2. The smallest absolute Gasteiger partial charge is 0.311 e. The van der Waals surface area contributed by atoms with E-state index in [-0.39, 0.29) is 28.4 Å². The number of rotatable bonds is 7. The summed E-state index contributed by atoms with van der Waals surface area (Å²) >= 11 is 0. The zero-order valence-corrected chi connectivity index (χ0v) is 16.1. The first-order valence-electron chi connectivity index (χ1n) is 9.19. The molecule has 1 atom stereocenters. The van der Waals surface area contributed by atoms with Crippen LogP contribution in [0, 0.1) is 16.0 Å². The van der Waals surface area contributed by atoms with E-state index in [1.165, 1.54) is 25.0 Å². The molecule has 1 amide bonds. The number of piperidine rings is 1. The molecular formula is C19H29N3O4. The third kappa shape index (κ3) is 4.94. The molecule has 1 saturated heterocycles. The molecule has 0 aliphatic carbocycles. The Kier molecular flexibility index (Phi) is 6.58. The van der Waals surface area contributed by atoms with Crippen molar-refractivity contribution in [3.8, 4) is 5.75 Å². The van der Waals surface area contributed by atoms with E-state index in [0.29, 0.717) is 19.1 Å². The highest BCUT2D eigenvalue weighted by Gasteiger charge is 2.30. The quantitative estimate of drug-likeness (QED) is 0.594. The first kappa shape index (κ1) is 20.2. The van der Waals surface area contributed by atoms with E-state index in [4.69, 9.17) is 4.74 Å². The molecule has 1 fully saturated rings. The Bertz CT molecular complexity index is 660. The molecule has 1 aromatic carbocycles. The Morgan fingerprint density at radius 2 is 2.19 bits per heavy atom. The summed E-state index contributed by atoms with van der Waals surface area (Å²) in [5, 5.41) is 14.1. The van der Waals surface area contributed by atoms with Gasteiger partial charge < -0.3 is 10.1 Å². The number of hydrogen-bond donors (Lipinski definition) is 1. The molecule has 1 N–H and O–H groups in total. The van der Waals surface area contributed by atoms with Crippen molar-refractivity contribution in [1.29, 1.82) is 0 Å². The first-order valence-corrected chi connectivity index (χ1v) is 9.19. The Morgan fingerprint density at radius 3 is 2.81 bits per heavy atom. The monoisotopic (exact) mass is 363 g/mol. The number of ether oxygens (including phenoxy) is 1. The second-order valence-electron chi connectivity index (χ2n) is 7.56. The van der Waals surface area contributed by atoms with Crippen molar-refractivity contribution in [3.63, 3.8) is 0 Å². The van der Waals surface area contributed by atoms with Crippen molar-refractivity contribution in [1.82, 2.24) is 10.2 Å². The largest absolute Gasteiger partial charge is 0.487 e. The van der Waals surface area contributed by atoms with Crippen LogP contribution in [-0.2, 0) is 0 Å². The topological polar surface area (TPSA) is 84.7 Å². The number of nitrogens with zero attached hydrogens (tertiary/aromatic N) is 2. The summed E-state index contributed by atoms with van der Waals surface area (Å²) in [4.78, 5) is 25.6. The van der Waals surface area contributed by atoms with Gasteiger partial charge >= 0.3 is 5.69 Å². The van der Waals surface area contributed by atoms with E-state index in [2.05, 4.69) is 31.0 Å². The molecule has 0 aromatic heterocycles. The van der Waals surface area contributed by atoms with Gasteiger partial charge in [-0.15, -0.1) is 0 Å². The molecule has 0 saturated carbocycles. The highest BCUT2D eigenvalue weighted by molar-refractivity contribution is 5.95. The van der Waals surface area contributed by atoms with Crippen LogP contribution in [0.1, 0.15) is 50.9 Å². The average Bonchev–Trinajstić information content (AvgIpc) is 2.60. The molecule has 0 bridgehead atoms. The predicted molar refractivity (Wildman–Crippen MR) is 101 cm³/mol. The number of nitro groups is 1. The standard InChI is InChI=1S/C19H29N3O4/c1-5-26-17-9-8-15(11-16(17)22(24)25)18(23)20-13-19(3,4)21-10-6-7-14(2)12-21/h8-9,11,14H,5-7,10,12-13H2,1-4H3,(H,20,23). The van der Waals surface area contributed by atoms with E-state index in [0.717, 1.165) is 13.1 Å². The zero-order valence-electron chi connectivity index (χ0n) is 16.1. The molecule has 2 rings (SSSR count). The Hall–Kier alpha value is -2.15. The van der Waals surface area contributed by atoms with Crippen LogP contribution in [-0.4, -0.2) is 47.5 Å². The summed E-state index contributed by atoms with van der Waals surface area (Å²) < 4.78 is 5.26. The van der Waals surface area contributed by atoms with Crippen molar-refractivity contribution in [3.05, 3.63) is 33.9 Å².